The first-order valence-electron chi connectivity index (χ1n) is 8.63. The van der Waals surface area contributed by atoms with E-state index >= 15 is 0 Å². The highest BCUT2D eigenvalue weighted by atomic mass is 16.6. The van der Waals surface area contributed by atoms with Gasteiger partial charge in [0.25, 0.3) is 11.6 Å². The standard InChI is InChI=1S/C22H15N3O3/c26-22-20(15-16-7-3-1-4-8-16)23-21(17-9-5-2-6-10-17)24(22)18-11-13-19(14-12-18)25(27)28/h1-15H. The second kappa shape index (κ2) is 7.28. The number of aliphatic imine (C=N–C) groups is 1. The number of benzene rings is 3. The first kappa shape index (κ1) is 17.4. The molecule has 0 aliphatic carbocycles. The Morgan fingerprint density at radius 3 is 2.07 bits per heavy atom. The third kappa shape index (κ3) is 3.31. The van der Waals surface area contributed by atoms with E-state index in [0.29, 0.717) is 17.2 Å². The van der Waals surface area contributed by atoms with E-state index in [1.54, 1.807) is 18.2 Å². The molecule has 0 aromatic heterocycles. The van der Waals surface area contributed by atoms with Gasteiger partial charge in [-0.2, -0.15) is 0 Å². The first-order valence-corrected chi connectivity index (χ1v) is 8.63. The van der Waals surface area contributed by atoms with Crippen LogP contribution in [-0.4, -0.2) is 16.7 Å². The summed E-state index contributed by atoms with van der Waals surface area (Å²) in [6.45, 7) is 0. The summed E-state index contributed by atoms with van der Waals surface area (Å²) in [5.41, 5.74) is 2.45. The molecule has 136 valence electrons. The molecule has 1 aliphatic heterocycles. The van der Waals surface area contributed by atoms with Crippen molar-refractivity contribution in [2.75, 3.05) is 4.90 Å². The third-order valence-electron chi connectivity index (χ3n) is 4.31. The maximum Gasteiger partial charge on any atom is 0.282 e. The summed E-state index contributed by atoms with van der Waals surface area (Å²) >= 11 is 0. The van der Waals surface area contributed by atoms with Crippen LogP contribution >= 0.6 is 0 Å². The van der Waals surface area contributed by atoms with Gasteiger partial charge in [0.2, 0.25) is 0 Å². The summed E-state index contributed by atoms with van der Waals surface area (Å²) in [5.74, 6) is 0.207. The van der Waals surface area contributed by atoms with Gasteiger partial charge in [0.1, 0.15) is 11.5 Å². The Morgan fingerprint density at radius 1 is 0.857 bits per heavy atom. The SMILES string of the molecule is O=C1C(=Cc2ccccc2)N=C(c2ccccc2)N1c1ccc([N+](=O)[O-])cc1. The van der Waals surface area contributed by atoms with Gasteiger partial charge in [-0.15, -0.1) is 0 Å². The van der Waals surface area contributed by atoms with Gasteiger partial charge in [0, 0.05) is 17.7 Å². The lowest BCUT2D eigenvalue weighted by atomic mass is 10.1. The van der Waals surface area contributed by atoms with Crippen LogP contribution in [0.5, 0.6) is 0 Å². The minimum absolute atomic E-state index is 0.0337. The molecule has 0 fully saturated rings. The molecule has 28 heavy (non-hydrogen) atoms. The van der Waals surface area contributed by atoms with E-state index in [1.165, 1.54) is 17.0 Å². The van der Waals surface area contributed by atoms with Crippen LogP contribution in [0.15, 0.2) is 95.6 Å². The van der Waals surface area contributed by atoms with Gasteiger partial charge in [-0.25, -0.2) is 4.99 Å². The van der Waals surface area contributed by atoms with Crippen molar-refractivity contribution in [2.24, 2.45) is 4.99 Å². The van der Waals surface area contributed by atoms with Gasteiger partial charge in [-0.1, -0.05) is 60.7 Å². The Bertz CT molecular complexity index is 1090. The number of carbonyl (C=O) groups excluding carboxylic acids is 1. The second-order valence-corrected chi connectivity index (χ2v) is 6.16. The predicted molar refractivity (Wildman–Crippen MR) is 108 cm³/mol. The van der Waals surface area contributed by atoms with Crippen molar-refractivity contribution in [2.45, 2.75) is 0 Å². The molecule has 3 aromatic carbocycles. The quantitative estimate of drug-likeness (QED) is 0.388. The Labute approximate surface area is 161 Å². The molecule has 1 heterocycles. The normalized spacial score (nSPS) is 15.0. The molecule has 6 nitrogen and oxygen atoms in total. The number of nitro benzene ring substituents is 1. The molecule has 0 N–H and O–H groups in total. The molecule has 3 aromatic rings. The van der Waals surface area contributed by atoms with Crippen molar-refractivity contribution in [1.82, 2.24) is 0 Å². The minimum Gasteiger partial charge on any atom is -0.266 e. The fourth-order valence-corrected chi connectivity index (χ4v) is 2.97. The number of non-ortho nitro benzene ring substituents is 1. The lowest BCUT2D eigenvalue weighted by Gasteiger charge is -2.18. The van der Waals surface area contributed by atoms with Gasteiger partial charge in [-0.3, -0.25) is 19.8 Å². The number of nitro groups is 1. The summed E-state index contributed by atoms with van der Waals surface area (Å²) in [6, 6.07) is 24.7. The lowest BCUT2D eigenvalue weighted by molar-refractivity contribution is -0.384. The zero-order valence-corrected chi connectivity index (χ0v) is 14.7. The molecular weight excluding hydrogens is 354 g/mol. The van der Waals surface area contributed by atoms with E-state index in [4.69, 9.17) is 0 Å². The topological polar surface area (TPSA) is 75.8 Å². The third-order valence-corrected chi connectivity index (χ3v) is 4.31. The van der Waals surface area contributed by atoms with Crippen LogP contribution in [0.2, 0.25) is 0 Å². The number of hydrogen-bond acceptors (Lipinski definition) is 4. The Morgan fingerprint density at radius 2 is 1.46 bits per heavy atom. The highest BCUT2D eigenvalue weighted by Crippen LogP contribution is 2.29. The fraction of sp³-hybridized carbons (Fsp3) is 0. The van der Waals surface area contributed by atoms with E-state index in [9.17, 15) is 14.9 Å². The number of carbonyl (C=O) groups is 1. The zero-order chi connectivity index (χ0) is 19.5. The molecule has 1 amide bonds. The van der Waals surface area contributed by atoms with Crippen LogP contribution in [0, 0.1) is 10.1 Å². The number of anilines is 1. The van der Waals surface area contributed by atoms with Crippen molar-refractivity contribution in [1.29, 1.82) is 0 Å². The van der Waals surface area contributed by atoms with E-state index in [-0.39, 0.29) is 11.6 Å². The number of amides is 1. The Hall–Kier alpha value is -4.06. The van der Waals surface area contributed by atoms with Gasteiger partial charge in [0.05, 0.1) is 10.6 Å². The number of hydrogen-bond donors (Lipinski definition) is 0. The van der Waals surface area contributed by atoms with Gasteiger partial charge >= 0.3 is 0 Å². The van der Waals surface area contributed by atoms with Crippen LogP contribution in [0.3, 0.4) is 0 Å². The van der Waals surface area contributed by atoms with Crippen LogP contribution in [-0.2, 0) is 4.79 Å². The zero-order valence-electron chi connectivity index (χ0n) is 14.7. The molecule has 1 aliphatic rings. The minimum atomic E-state index is -0.470. The van der Waals surface area contributed by atoms with Crippen molar-refractivity contribution in [3.05, 3.63) is 112 Å². The molecule has 6 heteroatoms. The smallest absolute Gasteiger partial charge is 0.266 e. The maximum atomic E-state index is 13.1. The average molecular weight is 369 g/mol. The van der Waals surface area contributed by atoms with Gasteiger partial charge in [0.15, 0.2) is 0 Å². The van der Waals surface area contributed by atoms with Crippen LogP contribution in [0.25, 0.3) is 6.08 Å². The summed E-state index contributed by atoms with van der Waals surface area (Å²) in [5, 5.41) is 10.9. The van der Waals surface area contributed by atoms with E-state index in [1.807, 2.05) is 60.7 Å². The monoisotopic (exact) mass is 369 g/mol. The molecule has 0 radical (unpaired) electrons. The average Bonchev–Trinajstić information content (AvgIpc) is 3.05. The summed E-state index contributed by atoms with van der Waals surface area (Å²) in [4.78, 5) is 29.6. The molecule has 0 spiro atoms. The second-order valence-electron chi connectivity index (χ2n) is 6.16. The van der Waals surface area contributed by atoms with Crippen molar-refractivity contribution in [3.8, 4) is 0 Å². The van der Waals surface area contributed by atoms with Crippen LogP contribution in [0.4, 0.5) is 11.4 Å². The van der Waals surface area contributed by atoms with Crippen molar-refractivity contribution < 1.29 is 9.72 Å². The van der Waals surface area contributed by atoms with Crippen molar-refractivity contribution in [3.63, 3.8) is 0 Å². The molecule has 0 unspecified atom stereocenters. The first-order chi connectivity index (χ1) is 13.6. The Balaban J connectivity index is 1.80. The molecule has 0 saturated heterocycles. The largest absolute Gasteiger partial charge is 0.282 e. The number of amidine groups is 1. The maximum absolute atomic E-state index is 13.1. The van der Waals surface area contributed by atoms with E-state index in [0.717, 1.165) is 11.1 Å². The van der Waals surface area contributed by atoms with Crippen molar-refractivity contribution >= 4 is 29.2 Å². The highest BCUT2D eigenvalue weighted by Gasteiger charge is 2.32. The van der Waals surface area contributed by atoms with Gasteiger partial charge < -0.3 is 0 Å². The van der Waals surface area contributed by atoms with E-state index < -0.39 is 4.92 Å². The van der Waals surface area contributed by atoms with E-state index in [2.05, 4.69) is 4.99 Å². The van der Waals surface area contributed by atoms with Crippen LogP contribution < -0.4 is 4.90 Å². The van der Waals surface area contributed by atoms with Crippen LogP contribution in [0.1, 0.15) is 11.1 Å². The summed E-state index contributed by atoms with van der Waals surface area (Å²) < 4.78 is 0. The number of rotatable bonds is 4. The molecule has 0 saturated carbocycles. The van der Waals surface area contributed by atoms with Gasteiger partial charge in [-0.05, 0) is 23.8 Å². The summed E-state index contributed by atoms with van der Waals surface area (Å²) in [6.07, 6.45) is 1.73. The molecule has 0 atom stereocenters. The predicted octanol–water partition coefficient (Wildman–Crippen LogP) is 4.43. The molecule has 4 rings (SSSR count). The molecular formula is C22H15N3O3. The number of nitrogens with zero attached hydrogens (tertiary/aromatic N) is 3. The lowest BCUT2D eigenvalue weighted by Crippen LogP contribution is -2.32. The summed E-state index contributed by atoms with van der Waals surface area (Å²) in [7, 11) is 0. The fourth-order valence-electron chi connectivity index (χ4n) is 2.97. The molecule has 0 bridgehead atoms. The Kier molecular flexibility index (Phi) is 4.51. The highest BCUT2D eigenvalue weighted by molar-refractivity contribution is 6.33.